The minimum absolute atomic E-state index is 0.100. The number of para-hydroxylation sites is 2. The van der Waals surface area contributed by atoms with Gasteiger partial charge in [-0.25, -0.2) is 0 Å². The van der Waals surface area contributed by atoms with Crippen LogP contribution in [0.3, 0.4) is 0 Å². The highest BCUT2D eigenvalue weighted by molar-refractivity contribution is 6.15. The molecule has 0 aliphatic heterocycles. The zero-order chi connectivity index (χ0) is 21.8. The molecule has 4 aromatic rings. The number of methoxy groups -OCH3 is 2. The number of ketones is 1. The van der Waals surface area contributed by atoms with Crippen molar-refractivity contribution in [3.8, 4) is 22.6 Å². The molecule has 154 valence electrons. The Hall–Kier alpha value is -4.12. The summed E-state index contributed by atoms with van der Waals surface area (Å²) in [4.78, 5) is 29.0. The van der Waals surface area contributed by atoms with E-state index < -0.39 is 11.3 Å². The van der Waals surface area contributed by atoms with Crippen LogP contribution in [-0.4, -0.2) is 25.0 Å². The van der Waals surface area contributed by atoms with Gasteiger partial charge >= 0.3 is 0 Å². The predicted molar refractivity (Wildman–Crippen MR) is 123 cm³/mol. The number of H-pyrrole nitrogens is 1. The fourth-order valence-corrected chi connectivity index (χ4v) is 3.67. The lowest BCUT2D eigenvalue weighted by Gasteiger charge is -2.12. The van der Waals surface area contributed by atoms with Gasteiger partial charge in [0.25, 0.3) is 5.56 Å². The van der Waals surface area contributed by atoms with E-state index in [1.165, 1.54) is 6.08 Å². The Morgan fingerprint density at radius 1 is 0.871 bits per heavy atom. The molecule has 3 aromatic carbocycles. The van der Waals surface area contributed by atoms with Crippen LogP contribution in [0.25, 0.3) is 28.1 Å². The largest absolute Gasteiger partial charge is 0.493 e. The Balaban J connectivity index is 1.87. The highest BCUT2D eigenvalue weighted by atomic mass is 16.5. The first kappa shape index (κ1) is 20.2. The lowest BCUT2D eigenvalue weighted by atomic mass is 9.94. The molecule has 31 heavy (non-hydrogen) atoms. The van der Waals surface area contributed by atoms with Gasteiger partial charge in [-0.2, -0.15) is 0 Å². The maximum atomic E-state index is 13.3. The number of ether oxygens (including phenoxy) is 2. The normalized spacial score (nSPS) is 11.0. The standard InChI is InChI=1S/C26H21NO4/c1-30-22-14-8-11-18(25(22)31-2)15-16-21(28)24-23(17-9-4-3-5-10-17)19-12-6-7-13-20(19)27-26(24)29/h3-16H,1-2H3,(H,27,29)/b16-15+. The molecule has 0 amide bonds. The second-order valence-corrected chi connectivity index (χ2v) is 6.90. The van der Waals surface area contributed by atoms with Crippen molar-refractivity contribution >= 4 is 22.8 Å². The SMILES string of the molecule is COc1cccc(/C=C/C(=O)c2c(-c3ccccc3)c3ccccc3[nH]c2=O)c1OC. The van der Waals surface area contributed by atoms with Gasteiger partial charge in [0.15, 0.2) is 17.3 Å². The molecule has 0 aliphatic carbocycles. The van der Waals surface area contributed by atoms with Gasteiger partial charge in [-0.15, -0.1) is 0 Å². The number of fused-ring (bicyclic) bond motifs is 1. The maximum Gasteiger partial charge on any atom is 0.260 e. The van der Waals surface area contributed by atoms with E-state index in [0.717, 1.165) is 10.9 Å². The quantitative estimate of drug-likeness (QED) is 0.354. The first-order valence-corrected chi connectivity index (χ1v) is 9.78. The van der Waals surface area contributed by atoms with Gasteiger partial charge in [0.1, 0.15) is 0 Å². The van der Waals surface area contributed by atoms with E-state index in [1.807, 2.05) is 66.7 Å². The van der Waals surface area contributed by atoms with Gasteiger partial charge in [-0.05, 0) is 29.8 Å². The number of carbonyl (C=O) groups is 1. The smallest absolute Gasteiger partial charge is 0.260 e. The minimum atomic E-state index is -0.426. The summed E-state index contributed by atoms with van der Waals surface area (Å²) in [5.74, 6) is 0.686. The molecule has 0 radical (unpaired) electrons. The monoisotopic (exact) mass is 411 g/mol. The highest BCUT2D eigenvalue weighted by Crippen LogP contribution is 2.32. The Kier molecular flexibility index (Phi) is 5.67. The summed E-state index contributed by atoms with van der Waals surface area (Å²) in [6, 6.07) is 22.3. The van der Waals surface area contributed by atoms with Crippen molar-refractivity contribution < 1.29 is 14.3 Å². The third-order valence-electron chi connectivity index (χ3n) is 5.08. The Morgan fingerprint density at radius 3 is 2.35 bits per heavy atom. The fourth-order valence-electron chi connectivity index (χ4n) is 3.67. The van der Waals surface area contributed by atoms with Crippen LogP contribution >= 0.6 is 0 Å². The van der Waals surface area contributed by atoms with Crippen molar-refractivity contribution in [2.45, 2.75) is 0 Å². The van der Waals surface area contributed by atoms with Crippen molar-refractivity contribution in [1.29, 1.82) is 0 Å². The molecule has 1 heterocycles. The number of nitrogens with one attached hydrogen (secondary N) is 1. The molecule has 0 saturated heterocycles. The van der Waals surface area contributed by atoms with E-state index >= 15 is 0 Å². The molecule has 0 spiro atoms. The number of carbonyl (C=O) groups excluding carboxylic acids is 1. The maximum absolute atomic E-state index is 13.3. The summed E-state index contributed by atoms with van der Waals surface area (Å²) in [6.45, 7) is 0. The van der Waals surface area contributed by atoms with Gasteiger partial charge in [0.2, 0.25) is 0 Å². The zero-order valence-corrected chi connectivity index (χ0v) is 17.2. The van der Waals surface area contributed by atoms with Crippen LogP contribution in [0.2, 0.25) is 0 Å². The minimum Gasteiger partial charge on any atom is -0.493 e. The number of aromatic amines is 1. The van der Waals surface area contributed by atoms with Gasteiger partial charge in [-0.3, -0.25) is 9.59 Å². The summed E-state index contributed by atoms with van der Waals surface area (Å²) in [7, 11) is 3.09. The second-order valence-electron chi connectivity index (χ2n) is 6.90. The summed E-state index contributed by atoms with van der Waals surface area (Å²) < 4.78 is 10.7. The van der Waals surface area contributed by atoms with E-state index in [2.05, 4.69) is 4.98 Å². The fraction of sp³-hybridized carbons (Fsp3) is 0.0769. The summed E-state index contributed by atoms with van der Waals surface area (Å²) in [5.41, 5.74) is 2.45. The van der Waals surface area contributed by atoms with Crippen molar-refractivity contribution in [1.82, 2.24) is 4.98 Å². The van der Waals surface area contributed by atoms with Crippen LogP contribution in [0.1, 0.15) is 15.9 Å². The lowest BCUT2D eigenvalue weighted by Crippen LogP contribution is -2.18. The van der Waals surface area contributed by atoms with E-state index in [4.69, 9.17) is 9.47 Å². The Bertz CT molecular complexity index is 1340. The number of hydrogen-bond donors (Lipinski definition) is 1. The average molecular weight is 411 g/mol. The molecule has 1 aromatic heterocycles. The number of pyridine rings is 1. The number of benzene rings is 3. The average Bonchev–Trinajstić information content (AvgIpc) is 2.81. The summed E-state index contributed by atoms with van der Waals surface area (Å²) >= 11 is 0. The number of allylic oxidation sites excluding steroid dienone is 1. The first-order valence-electron chi connectivity index (χ1n) is 9.78. The van der Waals surface area contributed by atoms with Gasteiger partial charge in [0.05, 0.1) is 19.8 Å². The predicted octanol–water partition coefficient (Wildman–Crippen LogP) is 5.11. The number of aromatic nitrogens is 1. The third-order valence-corrected chi connectivity index (χ3v) is 5.08. The zero-order valence-electron chi connectivity index (χ0n) is 17.2. The topological polar surface area (TPSA) is 68.4 Å². The molecule has 0 saturated carbocycles. The number of rotatable bonds is 6. The van der Waals surface area contributed by atoms with Crippen LogP contribution in [0, 0.1) is 0 Å². The Morgan fingerprint density at radius 2 is 1.61 bits per heavy atom. The summed E-state index contributed by atoms with van der Waals surface area (Å²) in [5, 5.41) is 0.809. The molecule has 0 fully saturated rings. The molecule has 5 heteroatoms. The molecular formula is C26H21NO4. The van der Waals surface area contributed by atoms with E-state index in [9.17, 15) is 9.59 Å². The molecule has 5 nitrogen and oxygen atoms in total. The molecule has 0 aliphatic rings. The van der Waals surface area contributed by atoms with Crippen LogP contribution in [0.5, 0.6) is 11.5 Å². The van der Waals surface area contributed by atoms with Crippen LogP contribution < -0.4 is 15.0 Å². The molecule has 4 rings (SSSR count). The first-order chi connectivity index (χ1) is 15.1. The molecular weight excluding hydrogens is 390 g/mol. The molecule has 1 N–H and O–H groups in total. The van der Waals surface area contributed by atoms with Crippen LogP contribution in [0.4, 0.5) is 0 Å². The van der Waals surface area contributed by atoms with Crippen molar-refractivity contribution in [3.05, 3.63) is 100 Å². The van der Waals surface area contributed by atoms with E-state index in [1.54, 1.807) is 26.4 Å². The van der Waals surface area contributed by atoms with Gasteiger partial charge < -0.3 is 14.5 Å². The Labute approximate surface area is 179 Å². The second kappa shape index (κ2) is 8.71. The molecule has 0 bridgehead atoms. The van der Waals surface area contributed by atoms with Crippen LogP contribution in [0.15, 0.2) is 83.7 Å². The highest BCUT2D eigenvalue weighted by Gasteiger charge is 2.19. The molecule has 0 atom stereocenters. The van der Waals surface area contributed by atoms with Gasteiger partial charge in [-0.1, -0.05) is 60.7 Å². The van der Waals surface area contributed by atoms with Crippen LogP contribution in [-0.2, 0) is 0 Å². The third kappa shape index (κ3) is 3.85. The van der Waals surface area contributed by atoms with Crippen molar-refractivity contribution in [3.63, 3.8) is 0 Å². The summed E-state index contributed by atoms with van der Waals surface area (Å²) in [6.07, 6.45) is 3.02. The number of hydrogen-bond acceptors (Lipinski definition) is 4. The van der Waals surface area contributed by atoms with E-state index in [0.29, 0.717) is 28.1 Å². The van der Waals surface area contributed by atoms with Gasteiger partial charge in [0, 0.05) is 22.0 Å². The molecule has 0 unspecified atom stereocenters. The van der Waals surface area contributed by atoms with E-state index in [-0.39, 0.29) is 5.56 Å². The lowest BCUT2D eigenvalue weighted by molar-refractivity contribution is 0.104. The van der Waals surface area contributed by atoms with Crippen molar-refractivity contribution in [2.24, 2.45) is 0 Å². The van der Waals surface area contributed by atoms with Crippen molar-refractivity contribution in [2.75, 3.05) is 14.2 Å².